The van der Waals surface area contributed by atoms with Gasteiger partial charge in [-0.25, -0.2) is 9.97 Å². The second-order valence-electron chi connectivity index (χ2n) is 3.94. The summed E-state index contributed by atoms with van der Waals surface area (Å²) in [6.07, 6.45) is 1.29. The molecule has 6 nitrogen and oxygen atoms in total. The maximum absolute atomic E-state index is 12.0. The Morgan fingerprint density at radius 3 is 2.75 bits per heavy atom. The minimum Gasteiger partial charge on any atom is -0.496 e. The van der Waals surface area contributed by atoms with Crippen LogP contribution >= 0.6 is 0 Å². The molecule has 0 fully saturated rings. The topological polar surface area (TPSA) is 73.3 Å². The van der Waals surface area contributed by atoms with E-state index in [9.17, 15) is 4.79 Å². The van der Waals surface area contributed by atoms with Gasteiger partial charge in [0, 0.05) is 18.2 Å². The Hall–Kier alpha value is -2.63. The van der Waals surface area contributed by atoms with Crippen molar-refractivity contribution in [3.63, 3.8) is 0 Å². The largest absolute Gasteiger partial charge is 0.496 e. The molecule has 0 aliphatic rings. The molecular weight excluding hydrogens is 258 g/mol. The molecule has 0 atom stereocenters. The van der Waals surface area contributed by atoms with E-state index in [0.717, 1.165) is 11.3 Å². The predicted molar refractivity (Wildman–Crippen MR) is 72.7 cm³/mol. The number of rotatable bonds is 5. The van der Waals surface area contributed by atoms with Crippen molar-refractivity contribution in [1.29, 1.82) is 0 Å². The molecule has 2 rings (SSSR count). The van der Waals surface area contributed by atoms with Crippen molar-refractivity contribution >= 4 is 5.91 Å². The van der Waals surface area contributed by atoms with Crippen molar-refractivity contribution in [2.45, 2.75) is 6.54 Å². The molecule has 1 heterocycles. The molecule has 104 valence electrons. The Balaban J connectivity index is 2.04. The number of carbonyl (C=O) groups is 1. The lowest BCUT2D eigenvalue weighted by Crippen LogP contribution is -2.24. The summed E-state index contributed by atoms with van der Waals surface area (Å²) in [5.41, 5.74) is 1.15. The third kappa shape index (κ3) is 3.23. The SMILES string of the molecule is COc1cc(C(=O)NCc2ccccc2OC)ncn1. The molecule has 0 saturated heterocycles. The number of hydrogen-bond donors (Lipinski definition) is 1. The number of ether oxygens (including phenoxy) is 2. The van der Waals surface area contributed by atoms with E-state index in [-0.39, 0.29) is 11.6 Å². The van der Waals surface area contributed by atoms with Gasteiger partial charge in [0.1, 0.15) is 17.8 Å². The molecule has 0 bridgehead atoms. The third-order valence-electron chi connectivity index (χ3n) is 2.72. The number of amides is 1. The Labute approximate surface area is 116 Å². The molecule has 0 unspecified atom stereocenters. The highest BCUT2D eigenvalue weighted by Crippen LogP contribution is 2.16. The lowest BCUT2D eigenvalue weighted by molar-refractivity contribution is 0.0945. The quantitative estimate of drug-likeness (QED) is 0.892. The molecule has 1 N–H and O–H groups in total. The summed E-state index contributed by atoms with van der Waals surface area (Å²) < 4.78 is 10.2. The van der Waals surface area contributed by atoms with E-state index in [2.05, 4.69) is 15.3 Å². The van der Waals surface area contributed by atoms with Gasteiger partial charge in [-0.05, 0) is 6.07 Å². The monoisotopic (exact) mass is 273 g/mol. The van der Waals surface area contributed by atoms with Crippen molar-refractivity contribution in [3.8, 4) is 11.6 Å². The third-order valence-corrected chi connectivity index (χ3v) is 2.72. The molecule has 0 aliphatic carbocycles. The van der Waals surface area contributed by atoms with Crippen LogP contribution in [0, 0.1) is 0 Å². The first-order valence-corrected chi connectivity index (χ1v) is 6.00. The number of hydrogen-bond acceptors (Lipinski definition) is 5. The number of benzene rings is 1. The number of nitrogens with one attached hydrogen (secondary N) is 1. The zero-order valence-electron chi connectivity index (χ0n) is 11.3. The number of nitrogens with zero attached hydrogens (tertiary/aromatic N) is 2. The van der Waals surface area contributed by atoms with Crippen LogP contribution in [-0.2, 0) is 6.54 Å². The smallest absolute Gasteiger partial charge is 0.270 e. The van der Waals surface area contributed by atoms with Crippen LogP contribution in [0.15, 0.2) is 36.7 Å². The van der Waals surface area contributed by atoms with Crippen molar-refractivity contribution in [2.75, 3.05) is 14.2 Å². The van der Waals surface area contributed by atoms with E-state index >= 15 is 0 Å². The molecule has 0 saturated carbocycles. The van der Waals surface area contributed by atoms with E-state index in [4.69, 9.17) is 9.47 Å². The average molecular weight is 273 g/mol. The molecule has 0 radical (unpaired) electrons. The van der Waals surface area contributed by atoms with Gasteiger partial charge in [0.05, 0.1) is 14.2 Å². The van der Waals surface area contributed by atoms with Gasteiger partial charge in [0.25, 0.3) is 5.91 Å². The normalized spacial score (nSPS) is 9.90. The molecular formula is C14H15N3O3. The molecule has 0 aliphatic heterocycles. The van der Waals surface area contributed by atoms with Gasteiger partial charge in [-0.2, -0.15) is 0 Å². The summed E-state index contributed by atoms with van der Waals surface area (Å²) in [4.78, 5) is 19.7. The summed E-state index contributed by atoms with van der Waals surface area (Å²) in [7, 11) is 3.08. The van der Waals surface area contributed by atoms with Crippen molar-refractivity contribution in [1.82, 2.24) is 15.3 Å². The molecule has 20 heavy (non-hydrogen) atoms. The maximum atomic E-state index is 12.0. The number of para-hydroxylation sites is 1. The first-order chi connectivity index (χ1) is 9.74. The van der Waals surface area contributed by atoms with Crippen LogP contribution in [0.5, 0.6) is 11.6 Å². The van der Waals surface area contributed by atoms with E-state index in [1.54, 1.807) is 7.11 Å². The minimum absolute atomic E-state index is 0.256. The lowest BCUT2D eigenvalue weighted by Gasteiger charge is -2.09. The second-order valence-corrected chi connectivity index (χ2v) is 3.94. The van der Waals surface area contributed by atoms with Crippen molar-refractivity contribution in [2.24, 2.45) is 0 Å². The summed E-state index contributed by atoms with van der Waals surface area (Å²) in [6, 6.07) is 8.98. The van der Waals surface area contributed by atoms with Gasteiger partial charge >= 0.3 is 0 Å². The molecule has 2 aromatic rings. The highest BCUT2D eigenvalue weighted by atomic mass is 16.5. The van der Waals surface area contributed by atoms with Gasteiger partial charge < -0.3 is 14.8 Å². The maximum Gasteiger partial charge on any atom is 0.270 e. The van der Waals surface area contributed by atoms with Crippen LogP contribution in [0.2, 0.25) is 0 Å². The fourth-order valence-electron chi connectivity index (χ4n) is 1.69. The van der Waals surface area contributed by atoms with Crippen LogP contribution in [0.3, 0.4) is 0 Å². The predicted octanol–water partition coefficient (Wildman–Crippen LogP) is 1.42. The van der Waals surface area contributed by atoms with Gasteiger partial charge in [-0.1, -0.05) is 18.2 Å². The van der Waals surface area contributed by atoms with Crippen LogP contribution in [0.25, 0.3) is 0 Å². The Morgan fingerprint density at radius 2 is 2.00 bits per heavy atom. The van der Waals surface area contributed by atoms with Crippen LogP contribution < -0.4 is 14.8 Å². The van der Waals surface area contributed by atoms with Gasteiger partial charge in [0.2, 0.25) is 5.88 Å². The summed E-state index contributed by atoms with van der Waals surface area (Å²) in [6.45, 7) is 0.356. The Morgan fingerprint density at radius 1 is 1.20 bits per heavy atom. The summed E-state index contributed by atoms with van der Waals surface area (Å²) >= 11 is 0. The zero-order chi connectivity index (χ0) is 14.4. The van der Waals surface area contributed by atoms with Gasteiger partial charge in [0.15, 0.2) is 0 Å². The van der Waals surface area contributed by atoms with Crippen LogP contribution in [-0.4, -0.2) is 30.1 Å². The minimum atomic E-state index is -0.295. The summed E-state index contributed by atoms with van der Waals surface area (Å²) in [5.74, 6) is 0.784. The molecule has 0 spiro atoms. The standard InChI is InChI=1S/C14H15N3O3/c1-19-12-6-4-3-5-10(12)8-15-14(18)11-7-13(20-2)17-9-16-11/h3-7,9H,8H2,1-2H3,(H,15,18). The molecule has 1 aromatic heterocycles. The van der Waals surface area contributed by atoms with Gasteiger partial charge in [-0.3, -0.25) is 4.79 Å². The average Bonchev–Trinajstić information content (AvgIpc) is 2.52. The van der Waals surface area contributed by atoms with Gasteiger partial charge in [-0.15, -0.1) is 0 Å². The second kappa shape index (κ2) is 6.51. The summed E-state index contributed by atoms with van der Waals surface area (Å²) in [5, 5.41) is 2.78. The van der Waals surface area contributed by atoms with Crippen LogP contribution in [0.1, 0.15) is 16.1 Å². The van der Waals surface area contributed by atoms with E-state index < -0.39 is 0 Å². The zero-order valence-corrected chi connectivity index (χ0v) is 11.3. The number of methoxy groups -OCH3 is 2. The number of carbonyl (C=O) groups excluding carboxylic acids is 1. The Bertz CT molecular complexity index is 602. The molecule has 6 heteroatoms. The lowest BCUT2D eigenvalue weighted by atomic mass is 10.2. The van der Waals surface area contributed by atoms with Crippen molar-refractivity contribution in [3.05, 3.63) is 47.9 Å². The molecule has 1 amide bonds. The van der Waals surface area contributed by atoms with Crippen LogP contribution in [0.4, 0.5) is 0 Å². The first-order valence-electron chi connectivity index (χ1n) is 6.00. The Kier molecular flexibility index (Phi) is 4.49. The fourth-order valence-corrected chi connectivity index (χ4v) is 1.69. The fraction of sp³-hybridized carbons (Fsp3) is 0.214. The first kappa shape index (κ1) is 13.8. The highest BCUT2D eigenvalue weighted by molar-refractivity contribution is 5.92. The van der Waals surface area contributed by atoms with E-state index in [0.29, 0.717) is 12.4 Å². The number of aromatic nitrogens is 2. The van der Waals surface area contributed by atoms with E-state index in [1.165, 1.54) is 19.5 Å². The highest BCUT2D eigenvalue weighted by Gasteiger charge is 2.10. The van der Waals surface area contributed by atoms with E-state index in [1.807, 2.05) is 24.3 Å². The molecule has 1 aromatic carbocycles. The van der Waals surface area contributed by atoms with Crippen molar-refractivity contribution < 1.29 is 14.3 Å².